The molecule has 0 bridgehead atoms. The summed E-state index contributed by atoms with van der Waals surface area (Å²) in [6, 6.07) is -2.67. The number of carbonyl (C=O) groups excluding carboxylic acids is 4. The molecular weight excluding hydrogens is 340 g/mol. The molecule has 6 N–H and O–H groups in total. The minimum atomic E-state index is -1.14. The molecule has 0 radical (unpaired) electrons. The number of hydrogen-bond donors (Lipinski definition) is 5. The minimum Gasteiger partial charge on any atom is -0.394 e. The molecule has 9 heteroatoms. The van der Waals surface area contributed by atoms with E-state index in [0.29, 0.717) is 38.5 Å². The van der Waals surface area contributed by atoms with Crippen LogP contribution in [0.25, 0.3) is 0 Å². The van der Waals surface area contributed by atoms with Gasteiger partial charge in [0.25, 0.3) is 0 Å². The monoisotopic (exact) mass is 372 g/mol. The van der Waals surface area contributed by atoms with Crippen LogP contribution < -0.4 is 21.7 Å². The Morgan fingerprint density at radius 1 is 1.04 bits per heavy atom. The van der Waals surface area contributed by atoms with E-state index < -0.39 is 42.5 Å². The molecule has 9 nitrogen and oxygen atoms in total. The van der Waals surface area contributed by atoms with Gasteiger partial charge in [0.05, 0.1) is 12.6 Å². The number of amides is 3. The van der Waals surface area contributed by atoms with Crippen LogP contribution in [0.2, 0.25) is 0 Å². The average molecular weight is 372 g/mol. The summed E-state index contributed by atoms with van der Waals surface area (Å²) in [6.45, 7) is 4.96. The van der Waals surface area contributed by atoms with E-state index in [1.54, 1.807) is 0 Å². The van der Waals surface area contributed by atoms with Gasteiger partial charge in [0.2, 0.25) is 17.7 Å². The first kappa shape index (κ1) is 24.0. The second kappa shape index (κ2) is 13.2. The molecule has 0 aliphatic rings. The van der Waals surface area contributed by atoms with Gasteiger partial charge >= 0.3 is 0 Å². The first-order valence-corrected chi connectivity index (χ1v) is 8.89. The fraction of sp³-hybridized carbons (Fsp3) is 0.765. The fourth-order valence-electron chi connectivity index (χ4n) is 2.41. The molecule has 0 aliphatic heterocycles. The summed E-state index contributed by atoms with van der Waals surface area (Å²) in [7, 11) is 0. The molecule has 0 heterocycles. The van der Waals surface area contributed by atoms with Crippen molar-refractivity contribution < 1.29 is 24.3 Å². The molecular formula is C17H32N4O5. The van der Waals surface area contributed by atoms with Gasteiger partial charge in [0.1, 0.15) is 18.4 Å². The Hall–Kier alpha value is -2.00. The number of aldehydes is 1. The fourth-order valence-corrected chi connectivity index (χ4v) is 2.41. The predicted molar refractivity (Wildman–Crippen MR) is 97.0 cm³/mol. The topological polar surface area (TPSA) is 151 Å². The Balaban J connectivity index is 5.00. The minimum absolute atomic E-state index is 0.217. The zero-order valence-corrected chi connectivity index (χ0v) is 15.8. The maximum Gasteiger partial charge on any atom is 0.245 e. The predicted octanol–water partition coefficient (Wildman–Crippen LogP) is -1.17. The van der Waals surface area contributed by atoms with Crippen molar-refractivity contribution in [3.05, 3.63) is 0 Å². The number of rotatable bonds is 13. The van der Waals surface area contributed by atoms with E-state index in [2.05, 4.69) is 16.0 Å². The van der Waals surface area contributed by atoms with E-state index >= 15 is 0 Å². The molecule has 0 aromatic carbocycles. The van der Waals surface area contributed by atoms with E-state index in [4.69, 9.17) is 5.73 Å². The Kier molecular flexibility index (Phi) is 12.2. The van der Waals surface area contributed by atoms with Gasteiger partial charge in [-0.1, -0.05) is 13.8 Å². The van der Waals surface area contributed by atoms with Gasteiger partial charge in [0, 0.05) is 6.92 Å². The molecule has 0 aliphatic carbocycles. The highest BCUT2D eigenvalue weighted by molar-refractivity contribution is 5.92. The molecule has 3 atom stereocenters. The largest absolute Gasteiger partial charge is 0.394 e. The first-order chi connectivity index (χ1) is 12.2. The van der Waals surface area contributed by atoms with Crippen molar-refractivity contribution in [2.45, 2.75) is 64.6 Å². The van der Waals surface area contributed by atoms with Crippen LogP contribution in [0.15, 0.2) is 0 Å². The van der Waals surface area contributed by atoms with Crippen molar-refractivity contribution in [1.29, 1.82) is 0 Å². The molecule has 3 amide bonds. The van der Waals surface area contributed by atoms with E-state index in [1.807, 2.05) is 13.8 Å². The maximum absolute atomic E-state index is 12.5. The Morgan fingerprint density at radius 3 is 2.12 bits per heavy atom. The Bertz CT molecular complexity index is 470. The van der Waals surface area contributed by atoms with Crippen molar-refractivity contribution in [2.24, 2.45) is 11.7 Å². The standard InChI is InChI=1S/C17H32N4O5/c1-11(2)8-13(9-22)20-16(25)14(6-4-5-7-18)21-17(26)15(10-23)19-12(3)24/h9,11,13-15,23H,4-8,10,18H2,1-3H3,(H,19,24)(H,20,25)(H,21,26). The SMILES string of the molecule is CC(=O)NC(CO)C(=O)NC(CCCCN)C(=O)NC(C=O)CC(C)C. The summed E-state index contributed by atoms with van der Waals surface area (Å²) in [6.07, 6.45) is 2.78. The lowest BCUT2D eigenvalue weighted by Gasteiger charge is -2.23. The van der Waals surface area contributed by atoms with Gasteiger partial charge in [-0.05, 0) is 38.1 Å². The van der Waals surface area contributed by atoms with Gasteiger partial charge < -0.3 is 31.6 Å². The van der Waals surface area contributed by atoms with Crippen molar-refractivity contribution >= 4 is 24.0 Å². The molecule has 150 valence electrons. The molecule has 0 saturated heterocycles. The molecule has 3 unspecified atom stereocenters. The van der Waals surface area contributed by atoms with Gasteiger partial charge in [-0.15, -0.1) is 0 Å². The number of nitrogens with one attached hydrogen (secondary N) is 3. The first-order valence-electron chi connectivity index (χ1n) is 8.89. The third-order valence-electron chi connectivity index (χ3n) is 3.67. The van der Waals surface area contributed by atoms with E-state index in [9.17, 15) is 24.3 Å². The van der Waals surface area contributed by atoms with Crippen LogP contribution in [-0.2, 0) is 19.2 Å². The summed E-state index contributed by atoms with van der Waals surface area (Å²) >= 11 is 0. The van der Waals surface area contributed by atoms with Crippen LogP contribution in [0.1, 0.15) is 46.5 Å². The summed E-state index contributed by atoms with van der Waals surface area (Å²) in [4.78, 5) is 47.0. The number of nitrogens with two attached hydrogens (primary N) is 1. The van der Waals surface area contributed by atoms with E-state index in [0.717, 1.165) is 0 Å². The van der Waals surface area contributed by atoms with Gasteiger partial charge in [-0.25, -0.2) is 0 Å². The quantitative estimate of drug-likeness (QED) is 0.203. The van der Waals surface area contributed by atoms with Crippen LogP contribution in [-0.4, -0.2) is 60.4 Å². The van der Waals surface area contributed by atoms with E-state index in [-0.39, 0.29) is 5.92 Å². The lowest BCUT2D eigenvalue weighted by molar-refractivity contribution is -0.133. The summed E-state index contributed by atoms with van der Waals surface area (Å²) in [5, 5.41) is 16.7. The smallest absolute Gasteiger partial charge is 0.245 e. The second-order valence-corrected chi connectivity index (χ2v) is 6.66. The van der Waals surface area contributed by atoms with Crippen LogP contribution in [0, 0.1) is 5.92 Å². The van der Waals surface area contributed by atoms with Crippen LogP contribution in [0.3, 0.4) is 0 Å². The zero-order chi connectivity index (χ0) is 20.1. The Labute approximate surface area is 154 Å². The summed E-state index contributed by atoms with van der Waals surface area (Å²) in [5.74, 6) is -1.40. The van der Waals surface area contributed by atoms with Crippen molar-refractivity contribution in [1.82, 2.24) is 16.0 Å². The second-order valence-electron chi connectivity index (χ2n) is 6.66. The molecule has 0 spiro atoms. The van der Waals surface area contributed by atoms with E-state index in [1.165, 1.54) is 6.92 Å². The molecule has 0 fully saturated rings. The lowest BCUT2D eigenvalue weighted by atomic mass is 10.0. The molecule has 26 heavy (non-hydrogen) atoms. The summed E-state index contributed by atoms with van der Waals surface area (Å²) in [5.41, 5.74) is 5.46. The van der Waals surface area contributed by atoms with Gasteiger partial charge in [0.15, 0.2) is 0 Å². The normalized spacial score (nSPS) is 14.2. The van der Waals surface area contributed by atoms with Gasteiger partial charge in [-0.2, -0.15) is 0 Å². The maximum atomic E-state index is 12.5. The zero-order valence-electron chi connectivity index (χ0n) is 15.8. The van der Waals surface area contributed by atoms with Crippen molar-refractivity contribution in [2.75, 3.05) is 13.2 Å². The average Bonchev–Trinajstić information content (AvgIpc) is 2.57. The molecule has 0 saturated carbocycles. The van der Waals surface area contributed by atoms with Crippen molar-refractivity contribution in [3.63, 3.8) is 0 Å². The van der Waals surface area contributed by atoms with Crippen LogP contribution in [0.4, 0.5) is 0 Å². The van der Waals surface area contributed by atoms with Crippen LogP contribution in [0.5, 0.6) is 0 Å². The van der Waals surface area contributed by atoms with Gasteiger partial charge in [-0.3, -0.25) is 14.4 Å². The number of aliphatic hydroxyl groups is 1. The third kappa shape index (κ3) is 10.1. The van der Waals surface area contributed by atoms with Crippen molar-refractivity contribution in [3.8, 4) is 0 Å². The Morgan fingerprint density at radius 2 is 1.65 bits per heavy atom. The highest BCUT2D eigenvalue weighted by Crippen LogP contribution is 2.06. The van der Waals surface area contributed by atoms with Crippen LogP contribution >= 0.6 is 0 Å². The number of hydrogen-bond acceptors (Lipinski definition) is 6. The lowest BCUT2D eigenvalue weighted by Crippen LogP contribution is -2.55. The number of unbranched alkanes of at least 4 members (excludes halogenated alkanes) is 1. The third-order valence-corrected chi connectivity index (χ3v) is 3.67. The molecule has 0 aromatic heterocycles. The number of carbonyl (C=O) groups is 4. The highest BCUT2D eigenvalue weighted by Gasteiger charge is 2.27. The molecule has 0 rings (SSSR count). The molecule has 0 aromatic rings. The number of aliphatic hydroxyl groups excluding tert-OH is 1. The highest BCUT2D eigenvalue weighted by atomic mass is 16.3. The summed E-state index contributed by atoms with van der Waals surface area (Å²) < 4.78 is 0.